The first-order valence-corrected chi connectivity index (χ1v) is 11.1. The third-order valence-corrected chi connectivity index (χ3v) is 4.91. The molecule has 0 bridgehead atoms. The zero-order valence-corrected chi connectivity index (χ0v) is 18.7. The fourth-order valence-corrected chi connectivity index (χ4v) is 3.27. The van der Waals surface area contributed by atoms with Gasteiger partial charge < -0.3 is 9.47 Å². The SMILES string of the molecule is CCCCCCCCCCc1ccc(/C=C(\CC)C(OC(C)=O)OC(C)=O)cc1. The first-order chi connectivity index (χ1) is 14.0. The average molecular weight is 403 g/mol. The van der Waals surface area contributed by atoms with E-state index in [0.717, 1.165) is 17.6 Å². The highest BCUT2D eigenvalue weighted by atomic mass is 16.7. The molecule has 4 nitrogen and oxygen atoms in total. The molecule has 0 amide bonds. The molecule has 4 heteroatoms. The molecule has 0 saturated carbocycles. The van der Waals surface area contributed by atoms with Crippen molar-refractivity contribution in [3.63, 3.8) is 0 Å². The van der Waals surface area contributed by atoms with Crippen LogP contribution >= 0.6 is 0 Å². The molecule has 0 spiro atoms. The van der Waals surface area contributed by atoms with Gasteiger partial charge in [-0.25, -0.2) is 0 Å². The van der Waals surface area contributed by atoms with Crippen LogP contribution < -0.4 is 0 Å². The minimum Gasteiger partial charge on any atom is -0.421 e. The van der Waals surface area contributed by atoms with Gasteiger partial charge in [0.1, 0.15) is 0 Å². The van der Waals surface area contributed by atoms with Crippen molar-refractivity contribution >= 4 is 18.0 Å². The number of rotatable bonds is 14. The highest BCUT2D eigenvalue weighted by Gasteiger charge is 2.19. The number of carbonyl (C=O) groups is 2. The van der Waals surface area contributed by atoms with Crippen LogP contribution in [0.2, 0.25) is 0 Å². The van der Waals surface area contributed by atoms with Gasteiger partial charge in [0.2, 0.25) is 0 Å². The third kappa shape index (κ3) is 11.5. The maximum Gasteiger partial charge on any atom is 0.305 e. The van der Waals surface area contributed by atoms with E-state index in [1.165, 1.54) is 70.8 Å². The van der Waals surface area contributed by atoms with Crippen LogP contribution in [0.15, 0.2) is 29.8 Å². The summed E-state index contributed by atoms with van der Waals surface area (Å²) in [6.45, 7) is 6.82. The first kappa shape index (κ1) is 24.9. The van der Waals surface area contributed by atoms with Crippen LogP contribution in [0.25, 0.3) is 6.08 Å². The summed E-state index contributed by atoms with van der Waals surface area (Å²) >= 11 is 0. The summed E-state index contributed by atoms with van der Waals surface area (Å²) in [5.41, 5.74) is 3.10. The highest BCUT2D eigenvalue weighted by Crippen LogP contribution is 2.19. The Bertz CT molecular complexity index is 615. The maximum atomic E-state index is 11.3. The van der Waals surface area contributed by atoms with E-state index in [-0.39, 0.29) is 0 Å². The van der Waals surface area contributed by atoms with Gasteiger partial charge in [0.15, 0.2) is 0 Å². The summed E-state index contributed by atoms with van der Waals surface area (Å²) < 4.78 is 10.3. The lowest BCUT2D eigenvalue weighted by atomic mass is 10.0. The monoisotopic (exact) mass is 402 g/mol. The number of unbranched alkanes of at least 4 members (excludes halogenated alkanes) is 7. The third-order valence-electron chi connectivity index (χ3n) is 4.91. The van der Waals surface area contributed by atoms with Crippen LogP contribution in [0.1, 0.15) is 96.6 Å². The number of esters is 2. The summed E-state index contributed by atoms with van der Waals surface area (Å²) in [7, 11) is 0. The fraction of sp³-hybridized carbons (Fsp3) is 0.600. The van der Waals surface area contributed by atoms with Crippen molar-refractivity contribution in [3.05, 3.63) is 41.0 Å². The summed E-state index contributed by atoms with van der Waals surface area (Å²) in [4.78, 5) is 22.6. The lowest BCUT2D eigenvalue weighted by molar-refractivity contribution is -0.178. The Morgan fingerprint density at radius 1 is 0.828 bits per heavy atom. The van der Waals surface area contributed by atoms with Gasteiger partial charge in [-0.05, 0) is 36.5 Å². The van der Waals surface area contributed by atoms with Crippen LogP contribution in [0.5, 0.6) is 0 Å². The van der Waals surface area contributed by atoms with E-state index in [0.29, 0.717) is 6.42 Å². The smallest absolute Gasteiger partial charge is 0.305 e. The van der Waals surface area contributed by atoms with Crippen molar-refractivity contribution in [3.8, 4) is 0 Å². The Morgan fingerprint density at radius 2 is 1.34 bits per heavy atom. The molecule has 162 valence electrons. The van der Waals surface area contributed by atoms with Gasteiger partial charge >= 0.3 is 11.9 Å². The van der Waals surface area contributed by atoms with Crippen molar-refractivity contribution in [2.24, 2.45) is 0 Å². The molecule has 29 heavy (non-hydrogen) atoms. The minimum atomic E-state index is -0.966. The quantitative estimate of drug-likeness (QED) is 0.199. The second-order valence-corrected chi connectivity index (χ2v) is 7.59. The second kappa shape index (κ2) is 14.8. The first-order valence-electron chi connectivity index (χ1n) is 11.1. The van der Waals surface area contributed by atoms with Gasteiger partial charge in [-0.3, -0.25) is 9.59 Å². The minimum absolute atomic E-state index is 0.476. The molecule has 1 rings (SSSR count). The van der Waals surface area contributed by atoms with Gasteiger partial charge in [0.25, 0.3) is 6.29 Å². The summed E-state index contributed by atoms with van der Waals surface area (Å²) in [6, 6.07) is 8.42. The van der Waals surface area contributed by atoms with Gasteiger partial charge in [0, 0.05) is 19.4 Å². The number of carbonyl (C=O) groups excluding carboxylic acids is 2. The van der Waals surface area contributed by atoms with Crippen LogP contribution in [-0.4, -0.2) is 18.2 Å². The normalized spacial score (nSPS) is 11.6. The molecule has 0 atom stereocenters. The van der Waals surface area contributed by atoms with Crippen LogP contribution in [0.3, 0.4) is 0 Å². The van der Waals surface area contributed by atoms with Crippen molar-refractivity contribution in [1.29, 1.82) is 0 Å². The van der Waals surface area contributed by atoms with Crippen LogP contribution in [0.4, 0.5) is 0 Å². The van der Waals surface area contributed by atoms with Crippen molar-refractivity contribution in [2.75, 3.05) is 0 Å². The molecule has 0 aliphatic rings. The lowest BCUT2D eigenvalue weighted by Crippen LogP contribution is -2.24. The predicted molar refractivity (Wildman–Crippen MR) is 118 cm³/mol. The van der Waals surface area contributed by atoms with Gasteiger partial charge in [-0.1, -0.05) is 83.1 Å². The molecule has 1 aromatic rings. The van der Waals surface area contributed by atoms with E-state index >= 15 is 0 Å². The Morgan fingerprint density at radius 3 is 1.83 bits per heavy atom. The topological polar surface area (TPSA) is 52.6 Å². The lowest BCUT2D eigenvalue weighted by Gasteiger charge is -2.19. The van der Waals surface area contributed by atoms with Gasteiger partial charge in [0.05, 0.1) is 0 Å². The molecule has 0 aromatic heterocycles. The van der Waals surface area contributed by atoms with Crippen molar-refractivity contribution in [2.45, 2.75) is 98.2 Å². The largest absolute Gasteiger partial charge is 0.421 e. The Labute approximate surface area is 176 Å². The number of hydrogen-bond donors (Lipinski definition) is 0. The molecule has 0 N–H and O–H groups in total. The highest BCUT2D eigenvalue weighted by molar-refractivity contribution is 5.69. The van der Waals surface area contributed by atoms with Crippen molar-refractivity contribution < 1.29 is 19.1 Å². The van der Waals surface area contributed by atoms with E-state index in [1.54, 1.807) is 0 Å². The molecular formula is C25H38O4. The number of ether oxygens (including phenoxy) is 2. The molecule has 0 aliphatic carbocycles. The van der Waals surface area contributed by atoms with E-state index < -0.39 is 18.2 Å². The number of aryl methyl sites for hydroxylation is 1. The van der Waals surface area contributed by atoms with Crippen molar-refractivity contribution in [1.82, 2.24) is 0 Å². The van der Waals surface area contributed by atoms with Crippen LogP contribution in [-0.2, 0) is 25.5 Å². The summed E-state index contributed by atoms with van der Waals surface area (Å²) in [6.07, 6.45) is 13.3. The molecule has 0 heterocycles. The van der Waals surface area contributed by atoms with E-state index in [4.69, 9.17) is 9.47 Å². The number of benzene rings is 1. The summed E-state index contributed by atoms with van der Waals surface area (Å²) in [5, 5.41) is 0. The standard InChI is InChI=1S/C25H38O4/c1-5-7-8-9-10-11-12-13-14-22-15-17-23(18-16-22)19-24(6-2)25(28-20(3)26)29-21(4)27/h15-19,25H,5-14H2,1-4H3/b24-19+. The van der Waals surface area contributed by atoms with E-state index in [2.05, 4.69) is 31.2 Å². The predicted octanol–water partition coefficient (Wildman–Crippen LogP) is 6.62. The molecule has 0 aliphatic heterocycles. The Hall–Kier alpha value is -2.10. The molecular weight excluding hydrogens is 364 g/mol. The van der Waals surface area contributed by atoms with Gasteiger partial charge in [-0.15, -0.1) is 0 Å². The van der Waals surface area contributed by atoms with E-state index in [9.17, 15) is 9.59 Å². The Kier molecular flexibility index (Phi) is 12.8. The maximum absolute atomic E-state index is 11.3. The second-order valence-electron chi connectivity index (χ2n) is 7.59. The van der Waals surface area contributed by atoms with Crippen LogP contribution in [0, 0.1) is 0 Å². The number of hydrogen-bond acceptors (Lipinski definition) is 4. The molecule has 0 unspecified atom stereocenters. The zero-order valence-electron chi connectivity index (χ0n) is 18.7. The van der Waals surface area contributed by atoms with Gasteiger partial charge in [-0.2, -0.15) is 0 Å². The molecule has 1 aromatic carbocycles. The summed E-state index contributed by atoms with van der Waals surface area (Å²) in [5.74, 6) is -0.951. The van der Waals surface area contributed by atoms with E-state index in [1.807, 2.05) is 13.0 Å². The molecule has 0 radical (unpaired) electrons. The fourth-order valence-electron chi connectivity index (χ4n) is 3.27. The zero-order chi connectivity index (χ0) is 21.5. The molecule has 0 fully saturated rings. The Balaban J connectivity index is 2.55. The molecule has 0 saturated heterocycles. The average Bonchev–Trinajstić information content (AvgIpc) is 2.68.